The van der Waals surface area contributed by atoms with Crippen molar-refractivity contribution in [2.75, 3.05) is 39.6 Å². The number of Topliss-reactive ketones (excluding diaryl/α,β-unsaturated/α-hetero) is 3. The van der Waals surface area contributed by atoms with Gasteiger partial charge in [0.25, 0.3) is 0 Å². The lowest BCUT2D eigenvalue weighted by atomic mass is 9.48. The van der Waals surface area contributed by atoms with E-state index in [4.69, 9.17) is 42.6 Å². The molecule has 0 aromatic heterocycles. The van der Waals surface area contributed by atoms with Gasteiger partial charge in [0.05, 0.1) is 49.8 Å². The number of ether oxygens (including phenoxy) is 9. The maximum atomic E-state index is 13.6. The van der Waals surface area contributed by atoms with E-state index in [2.05, 4.69) is 0 Å². The molecule has 114 heavy (non-hydrogen) atoms. The molecule has 24 aliphatic carbocycles. The molecule has 0 radical (unpaired) electrons. The van der Waals surface area contributed by atoms with Crippen LogP contribution >= 0.6 is 0 Å². The molecule has 24 rings (SSSR count). The first-order valence-electron chi connectivity index (χ1n) is 42.0. The minimum absolute atomic E-state index is 0.0503. The lowest BCUT2D eigenvalue weighted by Gasteiger charge is -2.58. The zero-order chi connectivity index (χ0) is 81.2. The topological polar surface area (TPSA) is 349 Å². The molecule has 30 heteroatoms. The van der Waals surface area contributed by atoms with Crippen molar-refractivity contribution in [3.05, 3.63) is 0 Å². The summed E-state index contributed by atoms with van der Waals surface area (Å²) in [5.41, 5.74) is -6.47. The molecule has 0 spiro atoms. The van der Waals surface area contributed by atoms with Crippen molar-refractivity contribution in [3.63, 3.8) is 0 Å². The Balaban J connectivity index is 0.000000129. The minimum Gasteiger partial charge on any atom is -0.461 e. The number of halogens is 6. The fourth-order valence-corrected chi connectivity index (χ4v) is 28.2. The molecule has 0 aliphatic heterocycles. The molecule has 13 unspecified atom stereocenters. The zero-order valence-corrected chi connectivity index (χ0v) is 65.1. The molecule has 24 saturated carbocycles. The predicted molar refractivity (Wildman–Crippen MR) is 376 cm³/mol. The first-order valence-corrected chi connectivity index (χ1v) is 42.0. The molecule has 630 valence electrons. The van der Waals surface area contributed by atoms with E-state index in [9.17, 15) is 99.2 Å². The molecule has 24 fully saturated rings. The van der Waals surface area contributed by atoms with Crippen LogP contribution in [0.25, 0.3) is 0 Å². The van der Waals surface area contributed by atoms with E-state index in [0.717, 1.165) is 64.2 Å². The lowest BCUT2D eigenvalue weighted by Crippen LogP contribution is -2.59. The van der Waals surface area contributed by atoms with Crippen molar-refractivity contribution >= 4 is 71.1 Å². The Morgan fingerprint density at radius 1 is 0.316 bits per heavy atom. The van der Waals surface area contributed by atoms with Crippen molar-refractivity contribution in [2.24, 2.45) is 127 Å². The van der Waals surface area contributed by atoms with E-state index in [1.165, 1.54) is 0 Å². The van der Waals surface area contributed by atoms with Gasteiger partial charge in [-0.1, -0.05) is 0 Å². The first-order chi connectivity index (χ1) is 53.4. The van der Waals surface area contributed by atoms with Crippen LogP contribution in [0, 0.1) is 127 Å². The summed E-state index contributed by atoms with van der Waals surface area (Å²) in [6.07, 6.45) is 15.9. The summed E-state index contributed by atoms with van der Waals surface area (Å²) in [5, 5.41) is 32.4. The van der Waals surface area contributed by atoms with Crippen LogP contribution in [0.4, 0.5) is 26.3 Å². The highest BCUT2D eigenvalue weighted by Crippen LogP contribution is 2.67. The number of ketones is 3. The summed E-state index contributed by atoms with van der Waals surface area (Å²) >= 11 is 0. The van der Waals surface area contributed by atoms with Gasteiger partial charge in [-0.15, -0.1) is 0 Å². The van der Waals surface area contributed by atoms with E-state index in [-0.39, 0.29) is 88.4 Å². The Hall–Kier alpha value is -6.30. The van der Waals surface area contributed by atoms with E-state index in [1.807, 2.05) is 0 Å². The summed E-state index contributed by atoms with van der Waals surface area (Å²) in [7, 11) is 0. The van der Waals surface area contributed by atoms with E-state index in [1.54, 1.807) is 0 Å². The number of esters is 9. The SMILES string of the molecule is CC(F)(F)C(=O)OC(COC(=O)C12CC3CC(C1)C(=O)C(C3)C2)COC(=O)C12CC3CC(C1)C(=O)C(C3)C2.CC(F)(F)C(=O)OC(COC(=O)C12CC3CC(C1)C(=O)C(C3)C2)COC(=O)C12CC3CC(C1)C(O)C(C3)C2.CC(F)(F)C(=O)OC(COC(=O)C12CC3CC(CC(O)(C3)C1)C2)COC(=O)C12CC3CC(CC(O)(C3)C1)C2. The smallest absolute Gasteiger partial charge is 0.377 e. The number of aliphatic hydroxyl groups is 3. The Bertz CT molecular complexity index is 3680. The molecule has 0 heterocycles. The van der Waals surface area contributed by atoms with Gasteiger partial charge >= 0.3 is 71.5 Å². The van der Waals surface area contributed by atoms with Gasteiger partial charge in [-0.05, 0) is 265 Å². The Morgan fingerprint density at radius 2 is 0.526 bits per heavy atom. The van der Waals surface area contributed by atoms with Crippen LogP contribution < -0.4 is 0 Å². The van der Waals surface area contributed by atoms with E-state index < -0.39 is 179 Å². The summed E-state index contributed by atoms with van der Waals surface area (Å²) in [5.74, 6) is -17.6. The van der Waals surface area contributed by atoms with Crippen LogP contribution in [0.1, 0.15) is 226 Å². The molecule has 3 N–H and O–H groups in total. The highest BCUT2D eigenvalue weighted by molar-refractivity contribution is 5.92. The number of hydrogen-bond donors (Lipinski definition) is 3. The van der Waals surface area contributed by atoms with Gasteiger partial charge in [-0.25, -0.2) is 14.4 Å². The largest absolute Gasteiger partial charge is 0.461 e. The number of hydrogen-bond acceptors (Lipinski definition) is 24. The van der Waals surface area contributed by atoms with E-state index in [0.29, 0.717) is 186 Å². The molecule has 0 amide bonds. The van der Waals surface area contributed by atoms with Crippen LogP contribution in [-0.4, -0.2) is 179 Å². The zero-order valence-electron chi connectivity index (χ0n) is 65.1. The van der Waals surface area contributed by atoms with Crippen LogP contribution in [0.3, 0.4) is 0 Å². The monoisotopic (exact) mass is 1610 g/mol. The predicted octanol–water partition coefficient (Wildman–Crippen LogP) is 9.96. The molecule has 0 aromatic carbocycles. The average molecular weight is 1620 g/mol. The lowest BCUT2D eigenvalue weighted by molar-refractivity contribution is -0.207. The van der Waals surface area contributed by atoms with Crippen molar-refractivity contribution in [2.45, 2.75) is 280 Å². The Kier molecular flexibility index (Phi) is 20.7. The second-order valence-corrected chi connectivity index (χ2v) is 40.6. The third kappa shape index (κ3) is 15.5. The number of alkyl halides is 6. The normalized spacial score (nSPS) is 43.2. The second kappa shape index (κ2) is 29.0. The van der Waals surface area contributed by atoms with Gasteiger partial charge in [-0.2, -0.15) is 26.3 Å². The maximum absolute atomic E-state index is 13.6. The van der Waals surface area contributed by atoms with Gasteiger partial charge in [0.15, 0.2) is 18.3 Å². The van der Waals surface area contributed by atoms with Gasteiger partial charge < -0.3 is 58.0 Å². The van der Waals surface area contributed by atoms with Gasteiger partial charge in [-0.3, -0.25) is 43.2 Å². The van der Waals surface area contributed by atoms with Crippen molar-refractivity contribution in [1.82, 2.24) is 0 Å². The standard InChI is InChI=1S/C28H38F2O8.C28H36F2O8.C28H34F2O8/c1-24(29,30)21(31)38-20(12-36-22(32)25-4-16-2-17(5-25)9-27(34,8-16)14-25)13-37-23(33)26-6-18-3-19(7-26)11-28(35,10-18)15-26;2*1-26(29,30)23(33)38-20(12-36-24(34)27-6-14-2-16(8-27)21(31)17(3-14)9-27)13-37-25(35)28-7-15-4-18(10-28)22(32)19(5-15)11-28/h16-20,34-35H,2-15H2,1H3;14-21,31H,2-13H2,1H3;14-20H,2-13H2,1H3. The Labute approximate surface area is 656 Å². The molecule has 0 aromatic rings. The third-order valence-electron chi connectivity index (χ3n) is 31.2. The van der Waals surface area contributed by atoms with Gasteiger partial charge in [0, 0.05) is 56.3 Å². The van der Waals surface area contributed by atoms with Crippen LogP contribution in [-0.2, 0) is 100 Å². The second-order valence-electron chi connectivity index (χ2n) is 40.6. The highest BCUT2D eigenvalue weighted by atomic mass is 19.3. The third-order valence-corrected chi connectivity index (χ3v) is 31.2. The molecule has 24 aliphatic rings. The summed E-state index contributed by atoms with van der Waals surface area (Å²) < 4.78 is 130. The number of aliphatic hydroxyl groups excluding tert-OH is 1. The molecule has 24 bridgehead atoms. The maximum Gasteiger partial charge on any atom is 0.377 e. The summed E-state index contributed by atoms with van der Waals surface area (Å²) in [4.78, 5) is 153. The average Bonchev–Trinajstić information content (AvgIpc) is 0.713. The van der Waals surface area contributed by atoms with Gasteiger partial charge in [0.2, 0.25) is 0 Å². The van der Waals surface area contributed by atoms with Crippen molar-refractivity contribution in [3.8, 4) is 0 Å². The highest BCUT2D eigenvalue weighted by Gasteiger charge is 2.67. The number of carbonyl (C=O) groups is 12. The van der Waals surface area contributed by atoms with Crippen molar-refractivity contribution in [1.29, 1.82) is 0 Å². The summed E-state index contributed by atoms with van der Waals surface area (Å²) in [6, 6.07) is 0. The van der Waals surface area contributed by atoms with E-state index >= 15 is 0 Å². The van der Waals surface area contributed by atoms with Crippen LogP contribution in [0.2, 0.25) is 0 Å². The quantitative estimate of drug-likeness (QED) is 0.0459. The fourth-order valence-electron chi connectivity index (χ4n) is 28.2. The molecule has 24 nitrogen and oxygen atoms in total. The number of carbonyl (C=O) groups excluding carboxylic acids is 12. The van der Waals surface area contributed by atoms with Crippen LogP contribution in [0.15, 0.2) is 0 Å². The first kappa shape index (κ1) is 81.4. The molecule has 0 saturated heterocycles. The summed E-state index contributed by atoms with van der Waals surface area (Å²) in [6.45, 7) is -1.87. The molecular weight excluding hydrogens is 1510 g/mol. The van der Waals surface area contributed by atoms with Gasteiger partial charge in [0.1, 0.15) is 57.0 Å². The number of rotatable bonds is 24. The Morgan fingerprint density at radius 3 is 0.754 bits per heavy atom. The van der Waals surface area contributed by atoms with Crippen molar-refractivity contribution < 1.29 is 142 Å². The fraction of sp³-hybridized carbons (Fsp3) is 0.857. The molecule has 13 atom stereocenters. The van der Waals surface area contributed by atoms with Crippen LogP contribution in [0.5, 0.6) is 0 Å². The molecular formula is C84H108F6O24. The minimum atomic E-state index is -3.77.